The van der Waals surface area contributed by atoms with Gasteiger partial charge in [0, 0.05) is 38.6 Å². The number of methoxy groups -OCH3 is 4. The summed E-state index contributed by atoms with van der Waals surface area (Å²) in [6, 6.07) is 30.6. The summed E-state index contributed by atoms with van der Waals surface area (Å²) in [5.74, 6) is 0.997. The van der Waals surface area contributed by atoms with Gasteiger partial charge in [0.25, 0.3) is 0 Å². The van der Waals surface area contributed by atoms with E-state index in [-0.39, 0.29) is 63.7 Å². The zero-order valence-electron chi connectivity index (χ0n) is 33.9. The fourth-order valence-electron chi connectivity index (χ4n) is 5.87. The van der Waals surface area contributed by atoms with E-state index in [0.29, 0.717) is 23.0 Å². The number of hydrogen-bond donors (Lipinski definition) is 0. The fraction of sp³-hybridized carbons (Fsp3) is 0.267. The molecule has 0 N–H and O–H groups in total. The van der Waals surface area contributed by atoms with Crippen molar-refractivity contribution in [1.29, 1.82) is 0 Å². The standard InChI is InChI=1S/C45H47N3O12/c1-53-38-13-5-9-32(21-38)28-47(29-33-10-6-14-39(22-33)54-2)44(51)59-19-17-57-42(49)36-25-37(27-46-26-36)43(50)58-18-20-60-45(52)48(30-34-11-7-15-40(23-34)55-3)31-35-12-8-16-41(24-35)56-4/h5-16,21-27H,17-20,28-31H2,1-4H3. The zero-order valence-corrected chi connectivity index (χ0v) is 33.9. The van der Waals surface area contributed by atoms with E-state index >= 15 is 0 Å². The van der Waals surface area contributed by atoms with Crippen molar-refractivity contribution in [2.75, 3.05) is 54.9 Å². The normalized spacial score (nSPS) is 10.5. The summed E-state index contributed by atoms with van der Waals surface area (Å²) in [4.78, 5) is 59.3. The van der Waals surface area contributed by atoms with Crippen molar-refractivity contribution in [3.63, 3.8) is 0 Å². The summed E-state index contributed by atoms with van der Waals surface area (Å²) in [6.45, 7) is -0.113. The molecule has 15 heteroatoms. The molecule has 0 atom stereocenters. The molecule has 0 radical (unpaired) electrons. The first kappa shape index (κ1) is 43.8. The number of amides is 2. The second-order valence-corrected chi connectivity index (χ2v) is 13.1. The van der Waals surface area contributed by atoms with Crippen LogP contribution in [0.15, 0.2) is 116 Å². The molecule has 314 valence electrons. The monoisotopic (exact) mass is 821 g/mol. The highest BCUT2D eigenvalue weighted by molar-refractivity contribution is 5.94. The molecule has 0 aliphatic rings. The summed E-state index contributed by atoms with van der Waals surface area (Å²) in [6.07, 6.45) is 1.21. The predicted molar refractivity (Wildman–Crippen MR) is 218 cm³/mol. The first-order chi connectivity index (χ1) is 29.2. The smallest absolute Gasteiger partial charge is 0.410 e. The van der Waals surface area contributed by atoms with Gasteiger partial charge in [0.05, 0.1) is 39.6 Å². The van der Waals surface area contributed by atoms with Crippen LogP contribution in [0.5, 0.6) is 23.0 Å². The quantitative estimate of drug-likeness (QED) is 0.0444. The van der Waals surface area contributed by atoms with Crippen molar-refractivity contribution in [2.45, 2.75) is 26.2 Å². The van der Waals surface area contributed by atoms with Gasteiger partial charge in [-0.15, -0.1) is 0 Å². The lowest BCUT2D eigenvalue weighted by Crippen LogP contribution is -2.31. The fourth-order valence-corrected chi connectivity index (χ4v) is 5.87. The maximum absolute atomic E-state index is 13.3. The average Bonchev–Trinajstić information content (AvgIpc) is 3.28. The van der Waals surface area contributed by atoms with Crippen molar-refractivity contribution < 1.29 is 57.1 Å². The minimum absolute atomic E-state index is 0.0226. The molecule has 2 amide bonds. The Hall–Kier alpha value is -7.29. The summed E-state index contributed by atoms with van der Waals surface area (Å²) < 4.78 is 42.9. The maximum atomic E-state index is 13.3. The van der Waals surface area contributed by atoms with Gasteiger partial charge in [-0.1, -0.05) is 48.5 Å². The average molecular weight is 822 g/mol. The van der Waals surface area contributed by atoms with Crippen LogP contribution in [0.2, 0.25) is 0 Å². The van der Waals surface area contributed by atoms with Gasteiger partial charge in [0.1, 0.15) is 49.4 Å². The molecule has 5 aromatic rings. The van der Waals surface area contributed by atoms with Crippen LogP contribution in [0.25, 0.3) is 0 Å². The topological polar surface area (TPSA) is 161 Å². The molecule has 0 fully saturated rings. The van der Waals surface area contributed by atoms with Gasteiger partial charge >= 0.3 is 24.1 Å². The van der Waals surface area contributed by atoms with E-state index in [2.05, 4.69) is 4.98 Å². The number of hydrogen-bond acceptors (Lipinski definition) is 13. The zero-order chi connectivity index (χ0) is 42.7. The van der Waals surface area contributed by atoms with Crippen molar-refractivity contribution in [3.8, 4) is 23.0 Å². The first-order valence-electron chi connectivity index (χ1n) is 18.8. The largest absolute Gasteiger partial charge is 0.497 e. The highest BCUT2D eigenvalue weighted by Gasteiger charge is 2.20. The van der Waals surface area contributed by atoms with Crippen LogP contribution in [0.3, 0.4) is 0 Å². The molecule has 0 saturated carbocycles. The lowest BCUT2D eigenvalue weighted by Gasteiger charge is -2.23. The van der Waals surface area contributed by atoms with Crippen molar-refractivity contribution in [2.24, 2.45) is 0 Å². The molecule has 1 aromatic heterocycles. The van der Waals surface area contributed by atoms with E-state index < -0.39 is 24.1 Å². The van der Waals surface area contributed by atoms with Gasteiger partial charge in [-0.05, 0) is 76.9 Å². The second-order valence-electron chi connectivity index (χ2n) is 13.1. The van der Waals surface area contributed by atoms with Gasteiger partial charge in [0.15, 0.2) is 0 Å². The van der Waals surface area contributed by atoms with Crippen LogP contribution in [0.1, 0.15) is 43.0 Å². The second kappa shape index (κ2) is 22.6. The third-order valence-corrected chi connectivity index (χ3v) is 8.84. The Morgan fingerprint density at radius 2 is 0.733 bits per heavy atom. The first-order valence-corrected chi connectivity index (χ1v) is 18.8. The van der Waals surface area contributed by atoms with Crippen LogP contribution < -0.4 is 18.9 Å². The number of nitrogens with zero attached hydrogens (tertiary/aromatic N) is 3. The van der Waals surface area contributed by atoms with E-state index in [1.54, 1.807) is 28.4 Å². The molecule has 0 aliphatic heterocycles. The summed E-state index contributed by atoms with van der Waals surface area (Å²) in [5, 5.41) is 0. The van der Waals surface area contributed by atoms with E-state index in [1.165, 1.54) is 28.3 Å². The molecule has 0 unspecified atom stereocenters. The number of rotatable bonds is 20. The van der Waals surface area contributed by atoms with Gasteiger partial charge < -0.3 is 37.9 Å². The molecule has 5 rings (SSSR count). The van der Waals surface area contributed by atoms with Crippen LogP contribution in [-0.2, 0) is 45.1 Å². The van der Waals surface area contributed by atoms with E-state index in [0.717, 1.165) is 22.3 Å². The molecule has 60 heavy (non-hydrogen) atoms. The van der Waals surface area contributed by atoms with E-state index in [4.69, 9.17) is 37.9 Å². The highest BCUT2D eigenvalue weighted by atomic mass is 16.6. The number of benzene rings is 4. The molecule has 0 aliphatic carbocycles. The third kappa shape index (κ3) is 13.4. The van der Waals surface area contributed by atoms with E-state index in [1.807, 2.05) is 97.1 Å². The molecule has 0 saturated heterocycles. The number of pyridine rings is 1. The van der Waals surface area contributed by atoms with Crippen LogP contribution in [0.4, 0.5) is 9.59 Å². The summed E-state index contributed by atoms with van der Waals surface area (Å²) in [5.41, 5.74) is 3.23. The molecular weight excluding hydrogens is 775 g/mol. The van der Waals surface area contributed by atoms with Crippen molar-refractivity contribution in [3.05, 3.63) is 149 Å². The predicted octanol–water partition coefficient (Wildman–Crippen LogP) is 7.11. The van der Waals surface area contributed by atoms with Crippen molar-refractivity contribution in [1.82, 2.24) is 14.8 Å². The lowest BCUT2D eigenvalue weighted by atomic mass is 10.1. The van der Waals surface area contributed by atoms with Crippen molar-refractivity contribution >= 4 is 24.1 Å². The highest BCUT2D eigenvalue weighted by Crippen LogP contribution is 2.21. The summed E-state index contributed by atoms with van der Waals surface area (Å²) in [7, 11) is 6.26. The molecule has 15 nitrogen and oxygen atoms in total. The van der Waals surface area contributed by atoms with Gasteiger partial charge in [-0.3, -0.25) is 14.8 Å². The third-order valence-electron chi connectivity index (χ3n) is 8.84. The molecule has 4 aromatic carbocycles. The van der Waals surface area contributed by atoms with Crippen LogP contribution >= 0.6 is 0 Å². The number of ether oxygens (including phenoxy) is 8. The van der Waals surface area contributed by atoms with Crippen LogP contribution in [0, 0.1) is 0 Å². The minimum Gasteiger partial charge on any atom is -0.497 e. The Labute approximate surface area is 348 Å². The van der Waals surface area contributed by atoms with Crippen LogP contribution in [-0.4, -0.2) is 93.8 Å². The maximum Gasteiger partial charge on any atom is 0.410 e. The van der Waals surface area contributed by atoms with Gasteiger partial charge in [-0.2, -0.15) is 0 Å². The van der Waals surface area contributed by atoms with Gasteiger partial charge in [0.2, 0.25) is 0 Å². The summed E-state index contributed by atoms with van der Waals surface area (Å²) >= 11 is 0. The molecule has 0 bridgehead atoms. The number of carbonyl (C=O) groups excluding carboxylic acids is 4. The Morgan fingerprint density at radius 3 is 1.03 bits per heavy atom. The Kier molecular flexibility index (Phi) is 16.5. The molecular formula is C45H47N3O12. The lowest BCUT2D eigenvalue weighted by molar-refractivity contribution is 0.0341. The Bertz CT molecular complexity index is 1960. The number of aromatic nitrogens is 1. The Morgan fingerprint density at radius 1 is 0.433 bits per heavy atom. The molecule has 0 spiro atoms. The molecule has 1 heterocycles. The Balaban J connectivity index is 1.10. The van der Waals surface area contributed by atoms with Gasteiger partial charge in [-0.25, -0.2) is 19.2 Å². The SMILES string of the molecule is COc1cccc(CN(Cc2cccc(OC)c2)C(=O)OCCOC(=O)c2cncc(C(=O)OCCOC(=O)N(Cc3cccc(OC)c3)Cc3cccc(OC)c3)c2)c1. The minimum atomic E-state index is -0.793. The van der Waals surface area contributed by atoms with E-state index in [9.17, 15) is 19.2 Å². The number of carbonyl (C=O) groups is 4. The number of esters is 2.